The van der Waals surface area contributed by atoms with Crippen LogP contribution in [0, 0.1) is 0 Å². The van der Waals surface area contributed by atoms with Crippen molar-refractivity contribution in [3.8, 4) is 0 Å². The first-order chi connectivity index (χ1) is 17.0. The molecular formula is C26H23N5O3S. The van der Waals surface area contributed by atoms with Gasteiger partial charge in [0.25, 0.3) is 11.8 Å². The SMILES string of the molecule is CCc1nnc(NC(=O)c2ccccc2NC(=O)c2ccc(NC(=O)Cc3ccccc3)cc2)s1. The molecule has 0 saturated heterocycles. The third-order valence-corrected chi connectivity index (χ3v) is 6.03. The maximum absolute atomic E-state index is 12.8. The number of carbonyl (C=O) groups excluding carboxylic acids is 3. The lowest BCUT2D eigenvalue weighted by Gasteiger charge is -2.11. The summed E-state index contributed by atoms with van der Waals surface area (Å²) in [5, 5.41) is 17.5. The van der Waals surface area contributed by atoms with Gasteiger partial charge in [0.05, 0.1) is 17.7 Å². The van der Waals surface area contributed by atoms with Crippen LogP contribution in [-0.2, 0) is 17.6 Å². The molecule has 0 saturated carbocycles. The van der Waals surface area contributed by atoms with Crippen LogP contribution >= 0.6 is 11.3 Å². The lowest BCUT2D eigenvalue weighted by molar-refractivity contribution is -0.115. The molecule has 3 amide bonds. The third-order valence-electron chi connectivity index (χ3n) is 5.05. The van der Waals surface area contributed by atoms with Gasteiger partial charge in [-0.3, -0.25) is 19.7 Å². The molecule has 4 aromatic rings. The second-order valence-corrected chi connectivity index (χ2v) is 8.66. The molecule has 35 heavy (non-hydrogen) atoms. The molecule has 1 heterocycles. The number of nitrogens with one attached hydrogen (secondary N) is 3. The molecule has 0 spiro atoms. The standard InChI is InChI=1S/C26H23N5O3S/c1-2-23-30-31-26(35-23)29-25(34)20-10-6-7-11-21(20)28-24(33)18-12-14-19(15-13-18)27-22(32)16-17-8-4-3-5-9-17/h3-15H,2,16H2,1H3,(H,27,32)(H,28,33)(H,29,31,34). The van der Waals surface area contributed by atoms with Gasteiger partial charge in [-0.1, -0.05) is 60.7 Å². The van der Waals surface area contributed by atoms with E-state index in [0.717, 1.165) is 17.0 Å². The Morgan fingerprint density at radius 1 is 0.771 bits per heavy atom. The van der Waals surface area contributed by atoms with Gasteiger partial charge < -0.3 is 10.6 Å². The fraction of sp³-hybridized carbons (Fsp3) is 0.115. The normalized spacial score (nSPS) is 10.4. The number of nitrogens with zero attached hydrogens (tertiary/aromatic N) is 2. The molecule has 1 aromatic heterocycles. The van der Waals surface area contributed by atoms with E-state index in [4.69, 9.17) is 0 Å². The van der Waals surface area contributed by atoms with E-state index in [-0.39, 0.29) is 18.2 Å². The number of amides is 3. The largest absolute Gasteiger partial charge is 0.326 e. The van der Waals surface area contributed by atoms with Crippen molar-refractivity contribution in [2.45, 2.75) is 19.8 Å². The summed E-state index contributed by atoms with van der Waals surface area (Å²) in [4.78, 5) is 37.8. The molecule has 0 aliphatic carbocycles. The van der Waals surface area contributed by atoms with Crippen molar-refractivity contribution in [1.29, 1.82) is 0 Å². The van der Waals surface area contributed by atoms with Gasteiger partial charge >= 0.3 is 0 Å². The minimum atomic E-state index is -0.392. The minimum Gasteiger partial charge on any atom is -0.326 e. The predicted molar refractivity (Wildman–Crippen MR) is 137 cm³/mol. The van der Waals surface area contributed by atoms with E-state index in [9.17, 15) is 14.4 Å². The molecule has 0 bridgehead atoms. The van der Waals surface area contributed by atoms with Crippen LogP contribution in [0.3, 0.4) is 0 Å². The number of rotatable bonds is 8. The van der Waals surface area contributed by atoms with Crippen molar-refractivity contribution in [2.75, 3.05) is 16.0 Å². The van der Waals surface area contributed by atoms with Gasteiger partial charge in [-0.05, 0) is 48.4 Å². The van der Waals surface area contributed by atoms with E-state index in [2.05, 4.69) is 26.1 Å². The zero-order valence-electron chi connectivity index (χ0n) is 18.9. The number of benzene rings is 3. The van der Waals surface area contributed by atoms with E-state index in [1.165, 1.54) is 11.3 Å². The Morgan fingerprint density at radius 2 is 1.49 bits per heavy atom. The number of carbonyl (C=O) groups is 3. The Labute approximate surface area is 206 Å². The topological polar surface area (TPSA) is 113 Å². The quantitative estimate of drug-likeness (QED) is 0.332. The van der Waals surface area contributed by atoms with Crippen LogP contribution in [0.15, 0.2) is 78.9 Å². The van der Waals surface area contributed by atoms with Crippen molar-refractivity contribution in [3.63, 3.8) is 0 Å². The maximum atomic E-state index is 12.8. The van der Waals surface area contributed by atoms with Gasteiger partial charge in [-0.15, -0.1) is 10.2 Å². The Bertz CT molecular complexity index is 1340. The first kappa shape index (κ1) is 23.8. The zero-order valence-corrected chi connectivity index (χ0v) is 19.8. The average Bonchev–Trinajstić information content (AvgIpc) is 3.33. The van der Waals surface area contributed by atoms with Gasteiger partial charge in [0, 0.05) is 11.3 Å². The number of para-hydroxylation sites is 1. The highest BCUT2D eigenvalue weighted by atomic mass is 32.1. The second kappa shape index (κ2) is 11.2. The lowest BCUT2D eigenvalue weighted by Crippen LogP contribution is -2.18. The van der Waals surface area contributed by atoms with Crippen molar-refractivity contribution in [1.82, 2.24) is 10.2 Å². The summed E-state index contributed by atoms with van der Waals surface area (Å²) in [5.74, 6) is -0.914. The maximum Gasteiger partial charge on any atom is 0.259 e. The fourth-order valence-corrected chi connectivity index (χ4v) is 3.96. The van der Waals surface area contributed by atoms with Gasteiger partial charge in [-0.2, -0.15) is 0 Å². The second-order valence-electron chi connectivity index (χ2n) is 7.60. The molecule has 8 nitrogen and oxygen atoms in total. The van der Waals surface area contributed by atoms with Gasteiger partial charge in [0.2, 0.25) is 11.0 Å². The third kappa shape index (κ3) is 6.36. The van der Waals surface area contributed by atoms with Crippen molar-refractivity contribution in [3.05, 3.63) is 101 Å². The highest BCUT2D eigenvalue weighted by molar-refractivity contribution is 7.15. The van der Waals surface area contributed by atoms with E-state index < -0.39 is 5.91 Å². The summed E-state index contributed by atoms with van der Waals surface area (Å²) in [5.41, 5.74) is 2.57. The minimum absolute atomic E-state index is 0.144. The molecule has 4 rings (SSSR count). The summed E-state index contributed by atoms with van der Waals surface area (Å²) in [6.45, 7) is 1.96. The summed E-state index contributed by atoms with van der Waals surface area (Å²) in [6, 6.07) is 22.7. The van der Waals surface area contributed by atoms with Gasteiger partial charge in [-0.25, -0.2) is 0 Å². The molecule has 0 atom stereocenters. The molecule has 0 radical (unpaired) electrons. The Balaban J connectivity index is 1.39. The summed E-state index contributed by atoms with van der Waals surface area (Å²) >= 11 is 1.31. The number of anilines is 3. The monoisotopic (exact) mass is 485 g/mol. The van der Waals surface area contributed by atoms with Crippen LogP contribution in [0.4, 0.5) is 16.5 Å². The zero-order chi connectivity index (χ0) is 24.6. The predicted octanol–water partition coefficient (Wildman–Crippen LogP) is 4.79. The van der Waals surface area contributed by atoms with Crippen LogP contribution in [0.25, 0.3) is 0 Å². The number of hydrogen-bond acceptors (Lipinski definition) is 6. The first-order valence-electron chi connectivity index (χ1n) is 11.0. The van der Waals surface area contributed by atoms with E-state index in [0.29, 0.717) is 27.6 Å². The molecular weight excluding hydrogens is 462 g/mol. The molecule has 3 aromatic carbocycles. The van der Waals surface area contributed by atoms with E-state index in [1.807, 2.05) is 37.3 Å². The molecule has 176 valence electrons. The molecule has 0 aliphatic heterocycles. The first-order valence-corrected chi connectivity index (χ1v) is 11.8. The number of aryl methyl sites for hydroxylation is 1. The van der Waals surface area contributed by atoms with Gasteiger partial charge in [0.1, 0.15) is 5.01 Å². The van der Waals surface area contributed by atoms with Crippen LogP contribution < -0.4 is 16.0 Å². The molecule has 3 N–H and O–H groups in total. The van der Waals surface area contributed by atoms with E-state index >= 15 is 0 Å². The molecule has 9 heteroatoms. The summed E-state index contributed by atoms with van der Waals surface area (Å²) in [7, 11) is 0. The summed E-state index contributed by atoms with van der Waals surface area (Å²) in [6.07, 6.45) is 0.994. The number of hydrogen-bond donors (Lipinski definition) is 3. The molecule has 0 unspecified atom stereocenters. The Kier molecular flexibility index (Phi) is 7.59. The van der Waals surface area contributed by atoms with Crippen LogP contribution in [-0.4, -0.2) is 27.9 Å². The van der Waals surface area contributed by atoms with Crippen LogP contribution in [0.2, 0.25) is 0 Å². The van der Waals surface area contributed by atoms with Gasteiger partial charge in [0.15, 0.2) is 0 Å². The van der Waals surface area contributed by atoms with E-state index in [1.54, 1.807) is 48.5 Å². The Hall–Kier alpha value is -4.37. The van der Waals surface area contributed by atoms with Crippen molar-refractivity contribution >= 4 is 45.6 Å². The molecule has 0 aliphatic rings. The molecule has 0 fully saturated rings. The van der Waals surface area contributed by atoms with Crippen LogP contribution in [0.1, 0.15) is 38.2 Å². The highest BCUT2D eigenvalue weighted by Gasteiger charge is 2.16. The highest BCUT2D eigenvalue weighted by Crippen LogP contribution is 2.21. The van der Waals surface area contributed by atoms with Crippen molar-refractivity contribution < 1.29 is 14.4 Å². The smallest absolute Gasteiger partial charge is 0.259 e. The van der Waals surface area contributed by atoms with Crippen molar-refractivity contribution in [2.24, 2.45) is 0 Å². The number of aromatic nitrogens is 2. The summed E-state index contributed by atoms with van der Waals surface area (Å²) < 4.78 is 0. The lowest BCUT2D eigenvalue weighted by atomic mass is 10.1. The Morgan fingerprint density at radius 3 is 2.20 bits per heavy atom. The van der Waals surface area contributed by atoms with Crippen LogP contribution in [0.5, 0.6) is 0 Å². The fourth-order valence-electron chi connectivity index (χ4n) is 3.29. The average molecular weight is 486 g/mol.